The third kappa shape index (κ3) is 5.93. The maximum Gasteiger partial charge on any atom is 0.319 e. The van der Waals surface area contributed by atoms with E-state index in [0.29, 0.717) is 10.7 Å². The number of hydrogen-bond acceptors (Lipinski definition) is 2. The molecule has 0 aliphatic heterocycles. The molecule has 0 aliphatic carbocycles. The number of amides is 3. The van der Waals surface area contributed by atoms with Crippen molar-refractivity contribution < 1.29 is 9.59 Å². The van der Waals surface area contributed by atoms with Gasteiger partial charge in [-0.15, -0.1) is 0 Å². The number of nitrogens with one attached hydrogen (secondary N) is 3. The van der Waals surface area contributed by atoms with E-state index in [9.17, 15) is 9.59 Å². The number of aryl methyl sites for hydroxylation is 1. The molecule has 3 amide bonds. The lowest BCUT2D eigenvalue weighted by Crippen LogP contribution is -2.46. The predicted octanol–water partition coefficient (Wildman–Crippen LogP) is 2.68. The summed E-state index contributed by atoms with van der Waals surface area (Å²) in [7, 11) is 0. The van der Waals surface area contributed by atoms with E-state index in [1.165, 1.54) is 0 Å². The molecular weight excluding hydrogens is 278 g/mol. The Morgan fingerprint density at radius 1 is 1.25 bits per heavy atom. The minimum Gasteiger partial charge on any atom is -0.350 e. The number of carbonyl (C=O) groups excluding carboxylic acids is 2. The average molecular weight is 298 g/mol. The zero-order valence-corrected chi connectivity index (χ0v) is 12.9. The fourth-order valence-electron chi connectivity index (χ4n) is 1.47. The summed E-state index contributed by atoms with van der Waals surface area (Å²) in [5.41, 5.74) is 1.19. The van der Waals surface area contributed by atoms with Crippen LogP contribution in [0.5, 0.6) is 0 Å². The van der Waals surface area contributed by atoms with Crippen LogP contribution in [0.25, 0.3) is 0 Å². The van der Waals surface area contributed by atoms with Crippen molar-refractivity contribution in [2.24, 2.45) is 0 Å². The van der Waals surface area contributed by atoms with E-state index in [2.05, 4.69) is 16.0 Å². The van der Waals surface area contributed by atoms with Crippen molar-refractivity contribution in [3.63, 3.8) is 0 Å². The Bertz CT molecular complexity index is 510. The summed E-state index contributed by atoms with van der Waals surface area (Å²) in [4.78, 5) is 23.2. The molecule has 0 spiro atoms. The van der Waals surface area contributed by atoms with Crippen molar-refractivity contribution in [1.82, 2.24) is 10.6 Å². The van der Waals surface area contributed by atoms with Crippen molar-refractivity contribution >= 4 is 29.2 Å². The number of urea groups is 1. The maximum absolute atomic E-state index is 11.6. The van der Waals surface area contributed by atoms with Crippen LogP contribution >= 0.6 is 11.6 Å². The zero-order valence-electron chi connectivity index (χ0n) is 12.1. The molecule has 1 aromatic rings. The number of halogens is 1. The standard InChI is InChI=1S/C14H20ClN3O2/c1-9-5-6-10(7-11(9)15)17-13(20)16-8-12(19)18-14(2,3)4/h5-7H,8H2,1-4H3,(H,18,19)(H2,16,17,20). The van der Waals surface area contributed by atoms with Crippen molar-refractivity contribution in [3.8, 4) is 0 Å². The average Bonchev–Trinajstić information content (AvgIpc) is 2.29. The Balaban J connectivity index is 2.44. The number of anilines is 1. The van der Waals surface area contributed by atoms with Gasteiger partial charge in [0.1, 0.15) is 0 Å². The van der Waals surface area contributed by atoms with Gasteiger partial charge in [-0.1, -0.05) is 17.7 Å². The van der Waals surface area contributed by atoms with Gasteiger partial charge >= 0.3 is 6.03 Å². The Labute approximate surface area is 124 Å². The smallest absolute Gasteiger partial charge is 0.319 e. The van der Waals surface area contributed by atoms with E-state index < -0.39 is 6.03 Å². The van der Waals surface area contributed by atoms with Gasteiger partial charge in [-0.25, -0.2) is 4.79 Å². The van der Waals surface area contributed by atoms with Crippen LogP contribution in [0.4, 0.5) is 10.5 Å². The monoisotopic (exact) mass is 297 g/mol. The summed E-state index contributed by atoms with van der Waals surface area (Å²) in [6.07, 6.45) is 0. The lowest BCUT2D eigenvalue weighted by molar-refractivity contribution is -0.121. The van der Waals surface area contributed by atoms with Crippen LogP contribution < -0.4 is 16.0 Å². The highest BCUT2D eigenvalue weighted by Crippen LogP contribution is 2.19. The van der Waals surface area contributed by atoms with Gasteiger partial charge < -0.3 is 16.0 Å². The zero-order chi connectivity index (χ0) is 15.3. The van der Waals surface area contributed by atoms with E-state index in [-0.39, 0.29) is 18.0 Å². The Morgan fingerprint density at radius 3 is 2.45 bits per heavy atom. The normalized spacial score (nSPS) is 10.8. The fraction of sp³-hybridized carbons (Fsp3) is 0.429. The van der Waals surface area contributed by atoms with Crippen molar-refractivity contribution in [2.45, 2.75) is 33.2 Å². The highest BCUT2D eigenvalue weighted by molar-refractivity contribution is 6.31. The van der Waals surface area contributed by atoms with Crippen molar-refractivity contribution in [3.05, 3.63) is 28.8 Å². The molecule has 110 valence electrons. The van der Waals surface area contributed by atoms with Gasteiger partial charge in [0.2, 0.25) is 5.91 Å². The Morgan fingerprint density at radius 2 is 1.90 bits per heavy atom. The summed E-state index contributed by atoms with van der Waals surface area (Å²) in [6.45, 7) is 7.42. The summed E-state index contributed by atoms with van der Waals surface area (Å²) in [5.74, 6) is -0.241. The molecule has 0 atom stereocenters. The third-order valence-corrected chi connectivity index (χ3v) is 2.76. The molecule has 5 nitrogen and oxygen atoms in total. The predicted molar refractivity (Wildman–Crippen MR) is 81.1 cm³/mol. The SMILES string of the molecule is Cc1ccc(NC(=O)NCC(=O)NC(C)(C)C)cc1Cl. The minimum atomic E-state index is -0.450. The van der Waals surface area contributed by atoms with Crippen LogP contribution in [-0.4, -0.2) is 24.0 Å². The van der Waals surface area contributed by atoms with E-state index in [1.807, 2.05) is 33.8 Å². The maximum atomic E-state index is 11.6. The molecule has 0 heterocycles. The number of hydrogen-bond donors (Lipinski definition) is 3. The van der Waals surface area contributed by atoms with Crippen LogP contribution in [0.2, 0.25) is 5.02 Å². The second-order valence-corrected chi connectivity index (χ2v) is 5.98. The first-order valence-corrected chi connectivity index (χ1v) is 6.67. The number of rotatable bonds is 3. The summed E-state index contributed by atoms with van der Waals surface area (Å²) in [6, 6.07) is 4.76. The third-order valence-electron chi connectivity index (χ3n) is 2.35. The molecular formula is C14H20ClN3O2. The van der Waals surface area contributed by atoms with Crippen LogP contribution in [0.1, 0.15) is 26.3 Å². The first-order valence-electron chi connectivity index (χ1n) is 6.29. The summed E-state index contributed by atoms with van der Waals surface area (Å²) < 4.78 is 0. The van der Waals surface area contributed by atoms with Gasteiger partial charge in [-0.3, -0.25) is 4.79 Å². The highest BCUT2D eigenvalue weighted by Gasteiger charge is 2.14. The Hall–Kier alpha value is -1.75. The van der Waals surface area contributed by atoms with E-state index in [1.54, 1.807) is 12.1 Å². The molecule has 0 unspecified atom stereocenters. The molecule has 1 rings (SSSR count). The first kappa shape index (κ1) is 16.3. The molecule has 0 fully saturated rings. The van der Waals surface area contributed by atoms with Crippen LogP contribution in [0.3, 0.4) is 0 Å². The molecule has 0 saturated heterocycles. The molecule has 1 aromatic carbocycles. The lowest BCUT2D eigenvalue weighted by Gasteiger charge is -2.20. The quantitative estimate of drug-likeness (QED) is 0.803. The van der Waals surface area contributed by atoms with Gasteiger partial charge in [0.15, 0.2) is 0 Å². The first-order chi connectivity index (χ1) is 9.17. The van der Waals surface area contributed by atoms with E-state index >= 15 is 0 Å². The molecule has 0 aliphatic rings. The second-order valence-electron chi connectivity index (χ2n) is 5.57. The molecule has 0 saturated carbocycles. The number of carbonyl (C=O) groups is 2. The molecule has 6 heteroatoms. The van der Waals surface area contributed by atoms with Gasteiger partial charge in [-0.05, 0) is 45.4 Å². The van der Waals surface area contributed by atoms with Gasteiger partial charge in [0, 0.05) is 16.2 Å². The van der Waals surface area contributed by atoms with E-state index in [4.69, 9.17) is 11.6 Å². The minimum absolute atomic E-state index is 0.0807. The summed E-state index contributed by atoms with van der Waals surface area (Å²) in [5, 5.41) is 8.43. The number of benzene rings is 1. The van der Waals surface area contributed by atoms with Gasteiger partial charge in [0.05, 0.1) is 6.54 Å². The Kier molecular flexibility index (Phi) is 5.39. The van der Waals surface area contributed by atoms with Crippen LogP contribution in [0.15, 0.2) is 18.2 Å². The van der Waals surface area contributed by atoms with Crippen LogP contribution in [0, 0.1) is 6.92 Å². The highest BCUT2D eigenvalue weighted by atomic mass is 35.5. The topological polar surface area (TPSA) is 70.2 Å². The molecule has 0 bridgehead atoms. The lowest BCUT2D eigenvalue weighted by atomic mass is 10.1. The largest absolute Gasteiger partial charge is 0.350 e. The second kappa shape index (κ2) is 6.61. The van der Waals surface area contributed by atoms with Crippen molar-refractivity contribution in [1.29, 1.82) is 0 Å². The van der Waals surface area contributed by atoms with Crippen LogP contribution in [-0.2, 0) is 4.79 Å². The fourth-order valence-corrected chi connectivity index (χ4v) is 1.65. The molecule has 20 heavy (non-hydrogen) atoms. The molecule has 0 aromatic heterocycles. The van der Waals surface area contributed by atoms with Gasteiger partial charge in [-0.2, -0.15) is 0 Å². The van der Waals surface area contributed by atoms with E-state index in [0.717, 1.165) is 5.56 Å². The summed E-state index contributed by atoms with van der Waals surface area (Å²) >= 11 is 5.96. The molecule has 0 radical (unpaired) electrons. The molecule has 3 N–H and O–H groups in total. The van der Waals surface area contributed by atoms with Gasteiger partial charge in [0.25, 0.3) is 0 Å². The van der Waals surface area contributed by atoms with Crippen molar-refractivity contribution in [2.75, 3.05) is 11.9 Å².